The van der Waals surface area contributed by atoms with E-state index >= 15 is 0 Å². The fourth-order valence-corrected chi connectivity index (χ4v) is 5.79. The fraction of sp³-hybridized carbons (Fsp3) is 0.240. The average Bonchev–Trinajstić information content (AvgIpc) is 3.16. The largest absolute Gasteiger partial charge is 0.372 e. The van der Waals surface area contributed by atoms with Gasteiger partial charge in [0.15, 0.2) is 0 Å². The van der Waals surface area contributed by atoms with Crippen LogP contribution in [0.3, 0.4) is 0 Å². The van der Waals surface area contributed by atoms with E-state index in [1.54, 1.807) is 0 Å². The van der Waals surface area contributed by atoms with E-state index < -0.39 is 6.04 Å². The number of carbonyl (C=O) groups excluding carboxylic acids is 2. The van der Waals surface area contributed by atoms with Gasteiger partial charge in [-0.15, -0.1) is 11.3 Å². The van der Waals surface area contributed by atoms with Gasteiger partial charge in [0, 0.05) is 4.88 Å². The molecule has 3 N–H and O–H groups in total. The van der Waals surface area contributed by atoms with Crippen molar-refractivity contribution in [3.63, 3.8) is 0 Å². The van der Waals surface area contributed by atoms with Crippen LogP contribution in [0.25, 0.3) is 0 Å². The van der Waals surface area contributed by atoms with E-state index in [2.05, 4.69) is 46.3 Å². The molecule has 2 aromatic carbocycles. The maximum Gasteiger partial charge on any atom is 0.247 e. The van der Waals surface area contributed by atoms with Crippen LogP contribution < -0.4 is 16.0 Å². The Balaban J connectivity index is 1.30. The van der Waals surface area contributed by atoms with E-state index in [-0.39, 0.29) is 18.2 Å². The molecule has 2 amide bonds. The van der Waals surface area contributed by atoms with Crippen molar-refractivity contribution in [1.82, 2.24) is 0 Å². The number of hydrogen-bond acceptors (Lipinski definition) is 5. The molecule has 2 unspecified atom stereocenters. The zero-order valence-corrected chi connectivity index (χ0v) is 18.2. The van der Waals surface area contributed by atoms with E-state index in [0.717, 1.165) is 30.5 Å². The van der Waals surface area contributed by atoms with Gasteiger partial charge in [0.2, 0.25) is 11.8 Å². The van der Waals surface area contributed by atoms with E-state index in [9.17, 15) is 14.9 Å². The monoisotopic (exact) mass is 442 g/mol. The highest BCUT2D eigenvalue weighted by molar-refractivity contribution is 7.16. The van der Waals surface area contributed by atoms with Crippen LogP contribution in [-0.4, -0.2) is 17.9 Å². The summed E-state index contributed by atoms with van der Waals surface area (Å²) in [6.07, 6.45) is 2.67. The van der Waals surface area contributed by atoms with Crippen molar-refractivity contribution in [3.8, 4) is 6.07 Å². The van der Waals surface area contributed by atoms with Gasteiger partial charge >= 0.3 is 0 Å². The van der Waals surface area contributed by atoms with Crippen LogP contribution in [0.5, 0.6) is 0 Å². The van der Waals surface area contributed by atoms with Gasteiger partial charge < -0.3 is 16.0 Å². The molecular formula is C25H22N4O2S. The maximum atomic E-state index is 12.8. The molecule has 0 saturated carbocycles. The highest BCUT2D eigenvalue weighted by Crippen LogP contribution is 2.42. The molecule has 2 heterocycles. The number of rotatable bonds is 4. The van der Waals surface area contributed by atoms with Crippen LogP contribution in [0.2, 0.25) is 0 Å². The molecular weight excluding hydrogens is 420 g/mol. The Kier molecular flexibility index (Phi) is 5.38. The fourth-order valence-electron chi connectivity index (χ4n) is 4.50. The molecule has 2 aliphatic rings. The first kappa shape index (κ1) is 20.3. The lowest BCUT2D eigenvalue weighted by molar-refractivity contribution is -0.122. The van der Waals surface area contributed by atoms with Gasteiger partial charge in [-0.05, 0) is 48.4 Å². The van der Waals surface area contributed by atoms with Crippen LogP contribution in [-0.2, 0) is 22.4 Å². The normalized spacial score (nSPS) is 19.0. The number of benzene rings is 2. The van der Waals surface area contributed by atoms with Gasteiger partial charge in [0.25, 0.3) is 0 Å². The standard InChI is InChI=1S/C25H22N4O2S/c26-14-18-17-11-10-16(15-6-2-1-3-7-15)12-22(17)32-25(18)29-23(30)13-21-24(31)28-20-9-5-4-8-19(20)27-21/h1-9,16,21,27H,10-13H2,(H,28,31)(H,29,30). The zero-order chi connectivity index (χ0) is 22.1. The summed E-state index contributed by atoms with van der Waals surface area (Å²) in [5, 5.41) is 19.2. The second kappa shape index (κ2) is 8.48. The molecule has 5 rings (SSSR count). The molecule has 6 nitrogen and oxygen atoms in total. The number of nitrogens with zero attached hydrogens (tertiary/aromatic N) is 1. The summed E-state index contributed by atoms with van der Waals surface area (Å²) in [5.74, 6) is -0.102. The first-order chi connectivity index (χ1) is 15.6. The topological polar surface area (TPSA) is 94.0 Å². The number of nitriles is 1. The van der Waals surface area contributed by atoms with Gasteiger partial charge in [-0.2, -0.15) is 5.26 Å². The number of amides is 2. The second-order valence-corrected chi connectivity index (χ2v) is 9.26. The van der Waals surface area contributed by atoms with Crippen molar-refractivity contribution < 1.29 is 9.59 Å². The van der Waals surface area contributed by atoms with Crippen LogP contribution in [0.4, 0.5) is 16.4 Å². The van der Waals surface area contributed by atoms with Gasteiger partial charge in [-0.25, -0.2) is 0 Å². The van der Waals surface area contributed by atoms with Crippen LogP contribution in [0.1, 0.15) is 40.3 Å². The van der Waals surface area contributed by atoms with Crippen molar-refractivity contribution >= 4 is 39.5 Å². The van der Waals surface area contributed by atoms with Crippen molar-refractivity contribution in [3.05, 3.63) is 76.2 Å². The van der Waals surface area contributed by atoms with Crippen LogP contribution >= 0.6 is 11.3 Å². The smallest absolute Gasteiger partial charge is 0.247 e. The predicted octanol–water partition coefficient (Wildman–Crippen LogP) is 4.65. The molecule has 0 fully saturated rings. The number of carbonyl (C=O) groups is 2. The first-order valence-electron chi connectivity index (χ1n) is 10.7. The van der Waals surface area contributed by atoms with E-state index in [0.29, 0.717) is 22.2 Å². The lowest BCUT2D eigenvalue weighted by atomic mass is 9.83. The first-order valence-corrected chi connectivity index (χ1v) is 11.5. The van der Waals surface area contributed by atoms with Gasteiger partial charge in [0.05, 0.1) is 23.4 Å². The quantitative estimate of drug-likeness (QED) is 0.548. The second-order valence-electron chi connectivity index (χ2n) is 8.15. The van der Waals surface area contributed by atoms with Crippen molar-refractivity contribution in [2.75, 3.05) is 16.0 Å². The van der Waals surface area contributed by atoms with Gasteiger partial charge in [0.1, 0.15) is 17.1 Å². The average molecular weight is 443 g/mol. The molecule has 3 aromatic rings. The minimum absolute atomic E-state index is 0.0136. The SMILES string of the molecule is N#Cc1c(NC(=O)CC2Nc3ccccc3NC2=O)sc2c1CCC(c1ccccc1)C2. The number of nitrogens with one attached hydrogen (secondary N) is 3. The molecule has 1 aromatic heterocycles. The van der Waals surface area contributed by atoms with Crippen molar-refractivity contribution in [1.29, 1.82) is 5.26 Å². The number of anilines is 3. The van der Waals surface area contributed by atoms with Gasteiger partial charge in [-0.1, -0.05) is 42.5 Å². The van der Waals surface area contributed by atoms with E-state index in [4.69, 9.17) is 0 Å². The van der Waals surface area contributed by atoms with Crippen molar-refractivity contribution in [2.24, 2.45) is 0 Å². The van der Waals surface area contributed by atoms with Crippen LogP contribution in [0, 0.1) is 11.3 Å². The summed E-state index contributed by atoms with van der Waals surface area (Å²) in [7, 11) is 0. The Hall–Kier alpha value is -3.63. The predicted molar refractivity (Wildman–Crippen MR) is 126 cm³/mol. The third-order valence-corrected chi connectivity index (χ3v) is 7.29. The van der Waals surface area contributed by atoms with E-state index in [1.165, 1.54) is 21.8 Å². The summed E-state index contributed by atoms with van der Waals surface area (Å²) in [6, 6.07) is 19.5. The Morgan fingerprint density at radius 2 is 1.88 bits per heavy atom. The summed E-state index contributed by atoms with van der Waals surface area (Å²) < 4.78 is 0. The number of hydrogen-bond donors (Lipinski definition) is 3. The molecule has 0 radical (unpaired) electrons. The molecule has 0 spiro atoms. The minimum atomic E-state index is -0.660. The maximum absolute atomic E-state index is 12.8. The molecule has 2 atom stereocenters. The zero-order valence-electron chi connectivity index (χ0n) is 17.4. The summed E-state index contributed by atoms with van der Waals surface area (Å²) >= 11 is 1.49. The summed E-state index contributed by atoms with van der Waals surface area (Å²) in [6.45, 7) is 0. The summed E-state index contributed by atoms with van der Waals surface area (Å²) in [5.41, 5.74) is 4.44. The van der Waals surface area contributed by atoms with Gasteiger partial charge in [-0.3, -0.25) is 9.59 Å². The lowest BCUT2D eigenvalue weighted by Crippen LogP contribution is -2.41. The Morgan fingerprint density at radius 1 is 1.12 bits per heavy atom. The Bertz CT molecular complexity index is 1230. The van der Waals surface area contributed by atoms with Crippen molar-refractivity contribution in [2.45, 2.75) is 37.6 Å². The molecule has 0 bridgehead atoms. The molecule has 1 aliphatic heterocycles. The van der Waals surface area contributed by atoms with E-state index in [1.807, 2.05) is 30.3 Å². The number of fused-ring (bicyclic) bond motifs is 2. The third-order valence-electron chi connectivity index (χ3n) is 6.12. The number of para-hydroxylation sites is 2. The molecule has 7 heteroatoms. The highest BCUT2D eigenvalue weighted by atomic mass is 32.1. The highest BCUT2D eigenvalue weighted by Gasteiger charge is 2.30. The van der Waals surface area contributed by atoms with Crippen LogP contribution in [0.15, 0.2) is 54.6 Å². The molecule has 1 aliphatic carbocycles. The lowest BCUT2D eigenvalue weighted by Gasteiger charge is -2.26. The Morgan fingerprint density at radius 3 is 2.66 bits per heavy atom. The Labute approximate surface area is 190 Å². The molecule has 160 valence electrons. The number of thiophene rings is 1. The molecule has 32 heavy (non-hydrogen) atoms. The third kappa shape index (κ3) is 3.85. The minimum Gasteiger partial charge on any atom is -0.372 e. The molecule has 0 saturated heterocycles. The summed E-state index contributed by atoms with van der Waals surface area (Å²) in [4.78, 5) is 26.3.